The van der Waals surface area contributed by atoms with Crippen LogP contribution in [0.2, 0.25) is 0 Å². The fraction of sp³-hybridized carbons (Fsp3) is 0.520. The quantitative estimate of drug-likeness (QED) is 0.553. The zero-order valence-corrected chi connectivity index (χ0v) is 20.4. The van der Waals surface area contributed by atoms with Gasteiger partial charge in [0.1, 0.15) is 6.04 Å². The number of carbonyl (C=O) groups excluding carboxylic acids is 5. The average molecular weight is 499 g/mol. The molecule has 1 aromatic rings. The number of imide groups is 2. The Morgan fingerprint density at radius 3 is 2.47 bits per heavy atom. The number of carbonyl (C=O) groups is 6. The third-order valence-electron chi connectivity index (χ3n) is 6.89. The van der Waals surface area contributed by atoms with E-state index in [0.717, 1.165) is 4.90 Å². The Balaban J connectivity index is 1.50. The van der Waals surface area contributed by atoms with Crippen LogP contribution in [0.15, 0.2) is 18.2 Å². The Kier molecular flexibility index (Phi) is 6.83. The van der Waals surface area contributed by atoms with Gasteiger partial charge in [0.25, 0.3) is 11.8 Å². The second-order valence-electron chi connectivity index (χ2n) is 10.3. The van der Waals surface area contributed by atoms with Crippen LogP contribution in [0.3, 0.4) is 0 Å². The zero-order chi connectivity index (χ0) is 26.2. The lowest BCUT2D eigenvalue weighted by atomic mass is 9.85. The third kappa shape index (κ3) is 4.95. The van der Waals surface area contributed by atoms with E-state index in [2.05, 4.69) is 5.32 Å². The molecule has 11 heteroatoms. The van der Waals surface area contributed by atoms with Crippen molar-refractivity contribution >= 4 is 41.2 Å². The van der Waals surface area contributed by atoms with E-state index in [0.29, 0.717) is 38.3 Å². The Labute approximate surface area is 208 Å². The highest BCUT2D eigenvalue weighted by atomic mass is 16.4. The molecule has 11 nitrogen and oxygen atoms in total. The van der Waals surface area contributed by atoms with E-state index in [4.69, 9.17) is 5.11 Å². The lowest BCUT2D eigenvalue weighted by molar-refractivity contribution is -0.141. The van der Waals surface area contributed by atoms with Crippen molar-refractivity contribution in [2.45, 2.75) is 52.0 Å². The second kappa shape index (κ2) is 9.71. The minimum atomic E-state index is -1.03. The maximum atomic E-state index is 13.4. The lowest BCUT2D eigenvalue weighted by Gasteiger charge is -2.29. The number of fused-ring (bicyclic) bond motifs is 1. The molecule has 2 fully saturated rings. The highest BCUT2D eigenvalue weighted by molar-refractivity contribution is 6.25. The summed E-state index contributed by atoms with van der Waals surface area (Å²) >= 11 is 0. The summed E-state index contributed by atoms with van der Waals surface area (Å²) in [4.78, 5) is 79.0. The van der Waals surface area contributed by atoms with E-state index in [1.54, 1.807) is 36.9 Å². The summed E-state index contributed by atoms with van der Waals surface area (Å²) < 4.78 is 0. The Morgan fingerprint density at radius 2 is 1.78 bits per heavy atom. The van der Waals surface area contributed by atoms with Crippen molar-refractivity contribution < 1.29 is 33.9 Å². The number of rotatable bonds is 6. The molecule has 192 valence electrons. The molecule has 3 aliphatic heterocycles. The van der Waals surface area contributed by atoms with E-state index >= 15 is 0 Å². The molecule has 3 heterocycles. The minimum absolute atomic E-state index is 0.0515. The van der Waals surface area contributed by atoms with Crippen LogP contribution in [0.1, 0.15) is 66.7 Å². The van der Waals surface area contributed by atoms with Gasteiger partial charge in [-0.05, 0) is 30.4 Å². The topological polar surface area (TPSA) is 144 Å². The van der Waals surface area contributed by atoms with E-state index in [1.165, 1.54) is 0 Å². The van der Waals surface area contributed by atoms with Crippen molar-refractivity contribution in [1.29, 1.82) is 0 Å². The van der Waals surface area contributed by atoms with E-state index in [9.17, 15) is 28.8 Å². The third-order valence-corrected chi connectivity index (χ3v) is 6.89. The molecule has 4 rings (SSSR count). The average Bonchev–Trinajstić information content (AvgIpc) is 2.94. The Hall–Kier alpha value is -3.76. The van der Waals surface area contributed by atoms with Crippen molar-refractivity contribution in [2.75, 3.05) is 31.1 Å². The standard InChI is InChI=1S/C25H30N4O7/c1-25(2,14-20(32)33)13-19(31)28-10-4-9-27(11-12-28)16-6-3-5-15-21(16)24(36)29(23(15)35)17-7-8-18(30)26-22(17)34/h3,5-6,17H,4,7-14H2,1-2H3,(H,32,33)(H,26,30,34). The summed E-state index contributed by atoms with van der Waals surface area (Å²) in [5.41, 5.74) is 0.354. The van der Waals surface area contributed by atoms with Crippen LogP contribution in [0.4, 0.5) is 5.69 Å². The van der Waals surface area contributed by atoms with E-state index in [-0.39, 0.29) is 42.7 Å². The number of anilines is 1. The van der Waals surface area contributed by atoms with Crippen LogP contribution >= 0.6 is 0 Å². The van der Waals surface area contributed by atoms with E-state index in [1.807, 2.05) is 4.90 Å². The molecule has 0 spiro atoms. The maximum Gasteiger partial charge on any atom is 0.303 e. The van der Waals surface area contributed by atoms with Gasteiger partial charge in [-0.15, -0.1) is 0 Å². The summed E-state index contributed by atoms with van der Waals surface area (Å²) in [5.74, 6) is -3.26. The fourth-order valence-electron chi connectivity index (χ4n) is 5.16. The fourth-order valence-corrected chi connectivity index (χ4v) is 5.16. The van der Waals surface area contributed by atoms with Gasteiger partial charge in [0, 0.05) is 39.0 Å². The van der Waals surface area contributed by atoms with Gasteiger partial charge < -0.3 is 14.9 Å². The highest BCUT2D eigenvalue weighted by Crippen LogP contribution is 2.35. The number of carboxylic acid groups (broad SMARTS) is 1. The first kappa shape index (κ1) is 25.3. The number of piperidine rings is 1. The number of hydrogen-bond donors (Lipinski definition) is 2. The SMILES string of the molecule is CC(C)(CC(=O)O)CC(=O)N1CCCN(c2cccc3c2C(=O)N(C2CCC(=O)NC2=O)C3=O)CC1. The molecule has 1 aromatic carbocycles. The summed E-state index contributed by atoms with van der Waals surface area (Å²) in [5, 5.41) is 11.3. The van der Waals surface area contributed by atoms with Crippen molar-refractivity contribution in [2.24, 2.45) is 5.41 Å². The normalized spacial score (nSPS) is 20.8. The molecule has 0 aromatic heterocycles. The first-order chi connectivity index (χ1) is 17.0. The van der Waals surface area contributed by atoms with Crippen LogP contribution in [0, 0.1) is 5.41 Å². The van der Waals surface area contributed by atoms with Gasteiger partial charge in [0.2, 0.25) is 17.7 Å². The predicted molar refractivity (Wildman–Crippen MR) is 127 cm³/mol. The lowest BCUT2D eigenvalue weighted by Crippen LogP contribution is -2.54. The monoisotopic (exact) mass is 498 g/mol. The number of nitrogens with one attached hydrogen (secondary N) is 1. The Morgan fingerprint density at radius 1 is 1.03 bits per heavy atom. The van der Waals surface area contributed by atoms with Crippen molar-refractivity contribution in [1.82, 2.24) is 15.1 Å². The van der Waals surface area contributed by atoms with E-state index < -0.39 is 41.1 Å². The molecular weight excluding hydrogens is 468 g/mol. The van der Waals surface area contributed by atoms with Gasteiger partial charge in [-0.1, -0.05) is 19.9 Å². The smallest absolute Gasteiger partial charge is 0.303 e. The molecular formula is C25H30N4O7. The molecule has 1 atom stereocenters. The number of nitrogens with zero attached hydrogens (tertiary/aromatic N) is 3. The number of hydrogen-bond acceptors (Lipinski definition) is 7. The molecule has 2 saturated heterocycles. The first-order valence-corrected chi connectivity index (χ1v) is 12.1. The molecule has 36 heavy (non-hydrogen) atoms. The van der Waals surface area contributed by atoms with Crippen LogP contribution in [0.5, 0.6) is 0 Å². The first-order valence-electron chi connectivity index (χ1n) is 12.1. The number of carboxylic acids is 1. The predicted octanol–water partition coefficient (Wildman–Crippen LogP) is 1.02. The van der Waals surface area contributed by atoms with Gasteiger partial charge in [0.05, 0.1) is 23.2 Å². The maximum absolute atomic E-state index is 13.4. The van der Waals surface area contributed by atoms with Crippen LogP contribution in [0.25, 0.3) is 0 Å². The summed E-state index contributed by atoms with van der Waals surface area (Å²) in [7, 11) is 0. The summed E-state index contributed by atoms with van der Waals surface area (Å²) in [6.07, 6.45) is 0.788. The Bertz CT molecular complexity index is 1150. The number of aliphatic carboxylic acids is 1. The van der Waals surface area contributed by atoms with Crippen molar-refractivity contribution in [3.63, 3.8) is 0 Å². The van der Waals surface area contributed by atoms with Crippen LogP contribution in [-0.2, 0) is 19.2 Å². The van der Waals surface area contributed by atoms with Gasteiger partial charge >= 0.3 is 5.97 Å². The molecule has 0 radical (unpaired) electrons. The molecule has 5 amide bonds. The summed E-state index contributed by atoms with van der Waals surface area (Å²) in [6.45, 7) is 5.40. The van der Waals surface area contributed by atoms with Gasteiger partial charge in [-0.3, -0.25) is 39.0 Å². The highest BCUT2D eigenvalue weighted by Gasteiger charge is 2.46. The molecule has 0 saturated carbocycles. The van der Waals surface area contributed by atoms with Gasteiger partial charge in [0.15, 0.2) is 0 Å². The minimum Gasteiger partial charge on any atom is -0.481 e. The number of benzene rings is 1. The number of amides is 5. The van der Waals surface area contributed by atoms with Crippen molar-refractivity contribution in [3.05, 3.63) is 29.3 Å². The molecule has 3 aliphatic rings. The van der Waals surface area contributed by atoms with Gasteiger partial charge in [-0.25, -0.2) is 0 Å². The molecule has 1 unspecified atom stereocenters. The van der Waals surface area contributed by atoms with Crippen molar-refractivity contribution in [3.8, 4) is 0 Å². The molecule has 2 N–H and O–H groups in total. The zero-order valence-electron chi connectivity index (χ0n) is 20.4. The largest absolute Gasteiger partial charge is 0.481 e. The molecule has 0 aliphatic carbocycles. The van der Waals surface area contributed by atoms with Gasteiger partial charge in [-0.2, -0.15) is 0 Å². The van der Waals surface area contributed by atoms with Crippen LogP contribution < -0.4 is 10.2 Å². The summed E-state index contributed by atoms with van der Waals surface area (Å²) in [6, 6.07) is 3.97. The molecule has 0 bridgehead atoms. The second-order valence-corrected chi connectivity index (χ2v) is 10.3. The van der Waals surface area contributed by atoms with Crippen LogP contribution in [-0.4, -0.2) is 82.6 Å².